The lowest BCUT2D eigenvalue weighted by atomic mass is 9.76. The largest absolute Gasteiger partial charge is 0.310 e. The van der Waals surface area contributed by atoms with Gasteiger partial charge in [-0.25, -0.2) is 0 Å². The van der Waals surface area contributed by atoms with Crippen molar-refractivity contribution in [2.45, 2.75) is 30.1 Å². The van der Waals surface area contributed by atoms with Gasteiger partial charge < -0.3 is 0 Å². The number of halogens is 1. The van der Waals surface area contributed by atoms with Crippen LogP contribution in [-0.4, -0.2) is 31.2 Å². The molecule has 4 rings (SSSR count). The molecule has 1 heterocycles. The number of rotatable bonds is 3. The van der Waals surface area contributed by atoms with Crippen LogP contribution in [0.25, 0.3) is 0 Å². The molecule has 5 heteroatoms. The summed E-state index contributed by atoms with van der Waals surface area (Å²) in [5.74, 6) is -0.291. The predicted octanol–water partition coefficient (Wildman–Crippen LogP) is 3.27. The maximum absolute atomic E-state index is 14.4. The Hall–Kier alpha value is -1.72. The Morgan fingerprint density at radius 2 is 1.79 bits per heavy atom. The van der Waals surface area contributed by atoms with E-state index < -0.39 is 15.0 Å². The number of nitrogens with zero attached hydrogens (tertiary/aromatic N) is 1. The number of aryl methyl sites for hydroxylation is 1. The third-order valence-electron chi connectivity index (χ3n) is 5.55. The van der Waals surface area contributed by atoms with Crippen LogP contribution >= 0.6 is 0 Å². The first-order chi connectivity index (χ1) is 11.5. The highest BCUT2D eigenvalue weighted by molar-refractivity contribution is 7.87. The number of benzene rings is 2. The second-order valence-corrected chi connectivity index (χ2v) is 8.60. The summed E-state index contributed by atoms with van der Waals surface area (Å²) in [6.45, 7) is 1.49. The van der Waals surface area contributed by atoms with E-state index in [1.807, 2.05) is 54.6 Å². The normalized spacial score (nSPS) is 26.8. The molecule has 0 saturated carbocycles. The van der Waals surface area contributed by atoms with Gasteiger partial charge in [0, 0.05) is 25.6 Å². The van der Waals surface area contributed by atoms with Crippen molar-refractivity contribution in [3.8, 4) is 0 Å². The molecule has 2 atom stereocenters. The zero-order valence-corrected chi connectivity index (χ0v) is 14.2. The van der Waals surface area contributed by atoms with Crippen LogP contribution in [0.2, 0.25) is 0 Å². The molecular weight excluding hydrogens is 325 g/mol. The summed E-state index contributed by atoms with van der Waals surface area (Å²) in [7, 11) is -4.63. The molecule has 1 aliphatic heterocycles. The smallest absolute Gasteiger partial charge is 0.297 e. The quantitative estimate of drug-likeness (QED) is 0.801. The van der Waals surface area contributed by atoms with Crippen LogP contribution in [-0.2, 0) is 23.2 Å². The Morgan fingerprint density at radius 3 is 2.54 bits per heavy atom. The lowest BCUT2D eigenvalue weighted by molar-refractivity contribution is 0.315. The van der Waals surface area contributed by atoms with Gasteiger partial charge in [-0.2, -0.15) is 8.42 Å². The van der Waals surface area contributed by atoms with E-state index in [9.17, 15) is 12.3 Å². The first kappa shape index (κ1) is 15.8. The fraction of sp³-hybridized carbons (Fsp3) is 0.368. The minimum atomic E-state index is -4.63. The minimum Gasteiger partial charge on any atom is -0.297 e. The monoisotopic (exact) mass is 345 g/mol. The van der Waals surface area contributed by atoms with Gasteiger partial charge in [-0.15, -0.1) is 3.89 Å². The third kappa shape index (κ3) is 2.47. The first-order valence-corrected chi connectivity index (χ1v) is 9.66. The summed E-state index contributed by atoms with van der Waals surface area (Å²) in [6.07, 6.45) is 0.980. The fourth-order valence-corrected chi connectivity index (χ4v) is 5.62. The second-order valence-electron chi connectivity index (χ2n) is 6.91. The van der Waals surface area contributed by atoms with Crippen molar-refractivity contribution < 1.29 is 12.3 Å². The highest BCUT2D eigenvalue weighted by Gasteiger charge is 2.58. The highest BCUT2D eigenvalue weighted by Crippen LogP contribution is 2.49. The summed E-state index contributed by atoms with van der Waals surface area (Å²) in [5, 5.41) is 0. The van der Waals surface area contributed by atoms with Gasteiger partial charge in [0.2, 0.25) is 0 Å². The number of fused-ring (bicyclic) bond motifs is 3. The zero-order chi connectivity index (χ0) is 16.8. The van der Waals surface area contributed by atoms with E-state index >= 15 is 0 Å². The molecule has 3 nitrogen and oxygen atoms in total. The third-order valence-corrected chi connectivity index (χ3v) is 7.14. The molecule has 24 heavy (non-hydrogen) atoms. The molecule has 126 valence electrons. The Morgan fingerprint density at radius 1 is 1.08 bits per heavy atom. The molecular formula is C19H20FNO2S. The summed E-state index contributed by atoms with van der Waals surface area (Å²) in [5.41, 5.74) is 3.28. The van der Waals surface area contributed by atoms with E-state index in [0.717, 1.165) is 16.7 Å². The van der Waals surface area contributed by atoms with Crippen LogP contribution in [0.4, 0.5) is 3.89 Å². The molecule has 0 spiro atoms. The predicted molar refractivity (Wildman–Crippen MR) is 92.0 cm³/mol. The fourth-order valence-electron chi connectivity index (χ4n) is 4.39. The molecule has 0 N–H and O–H groups in total. The van der Waals surface area contributed by atoms with Gasteiger partial charge >= 0.3 is 10.2 Å². The molecule has 2 aromatic rings. The van der Waals surface area contributed by atoms with Crippen LogP contribution in [0.5, 0.6) is 0 Å². The molecule has 0 bridgehead atoms. The standard InChI is InChI=1S/C19H20FNO2S/c20-24(22,23)19-11-10-16-8-4-5-9-17(16)18(19)13-21(14-19)12-15-6-2-1-3-7-15/h1-9,18H,10-14H2. The molecule has 0 radical (unpaired) electrons. The van der Waals surface area contributed by atoms with Crippen LogP contribution in [0.15, 0.2) is 54.6 Å². The Labute approximate surface area is 142 Å². The first-order valence-electron chi connectivity index (χ1n) is 8.28. The molecule has 0 aromatic heterocycles. The van der Waals surface area contributed by atoms with Crippen molar-refractivity contribution in [1.82, 2.24) is 4.90 Å². The topological polar surface area (TPSA) is 37.4 Å². The molecule has 2 aromatic carbocycles. The number of likely N-dealkylation sites (tertiary alicyclic amines) is 1. The van der Waals surface area contributed by atoms with Gasteiger partial charge in [0.15, 0.2) is 0 Å². The van der Waals surface area contributed by atoms with E-state index in [-0.39, 0.29) is 12.5 Å². The van der Waals surface area contributed by atoms with Crippen molar-refractivity contribution in [3.05, 3.63) is 71.3 Å². The maximum atomic E-state index is 14.4. The van der Waals surface area contributed by atoms with Crippen molar-refractivity contribution >= 4 is 10.2 Å². The summed E-state index contributed by atoms with van der Waals surface area (Å²) in [6, 6.07) is 17.8. The van der Waals surface area contributed by atoms with E-state index in [2.05, 4.69) is 4.90 Å². The number of hydrogen-bond donors (Lipinski definition) is 0. The van der Waals surface area contributed by atoms with Gasteiger partial charge in [-0.05, 0) is 29.5 Å². The molecule has 0 amide bonds. The van der Waals surface area contributed by atoms with Crippen molar-refractivity contribution in [2.24, 2.45) is 0 Å². The van der Waals surface area contributed by atoms with Gasteiger partial charge in [0.05, 0.1) is 0 Å². The van der Waals surface area contributed by atoms with Gasteiger partial charge in [-0.1, -0.05) is 54.6 Å². The van der Waals surface area contributed by atoms with Crippen molar-refractivity contribution in [2.75, 3.05) is 13.1 Å². The van der Waals surface area contributed by atoms with Crippen LogP contribution in [0.3, 0.4) is 0 Å². The van der Waals surface area contributed by atoms with Gasteiger partial charge in [0.25, 0.3) is 0 Å². The maximum Gasteiger partial charge on any atom is 0.310 e. The van der Waals surface area contributed by atoms with E-state index in [4.69, 9.17) is 0 Å². The van der Waals surface area contributed by atoms with E-state index in [1.54, 1.807) is 0 Å². The van der Waals surface area contributed by atoms with Gasteiger partial charge in [0.1, 0.15) is 4.75 Å². The minimum absolute atomic E-state index is 0.264. The van der Waals surface area contributed by atoms with Crippen LogP contribution in [0, 0.1) is 0 Å². The van der Waals surface area contributed by atoms with E-state index in [0.29, 0.717) is 25.9 Å². The molecule has 2 unspecified atom stereocenters. The van der Waals surface area contributed by atoms with Crippen LogP contribution < -0.4 is 0 Å². The zero-order valence-electron chi connectivity index (χ0n) is 13.4. The summed E-state index contributed by atoms with van der Waals surface area (Å²) >= 11 is 0. The van der Waals surface area contributed by atoms with Gasteiger partial charge in [-0.3, -0.25) is 4.90 Å². The Bertz CT molecular complexity index is 853. The van der Waals surface area contributed by atoms with Crippen molar-refractivity contribution in [1.29, 1.82) is 0 Å². The lowest BCUT2D eigenvalue weighted by Crippen LogP contribution is -2.46. The van der Waals surface area contributed by atoms with Crippen molar-refractivity contribution in [3.63, 3.8) is 0 Å². The highest BCUT2D eigenvalue weighted by atomic mass is 32.3. The number of hydrogen-bond acceptors (Lipinski definition) is 3. The SMILES string of the molecule is O=S(=O)(F)C12CCc3ccccc3C1CN(Cc1ccccc1)C2. The van der Waals surface area contributed by atoms with E-state index in [1.165, 1.54) is 0 Å². The Balaban J connectivity index is 1.72. The average Bonchev–Trinajstić information content (AvgIpc) is 2.95. The molecule has 2 aliphatic rings. The molecule has 1 aliphatic carbocycles. The summed E-state index contributed by atoms with van der Waals surface area (Å²) in [4.78, 5) is 2.08. The Kier molecular flexibility index (Phi) is 3.73. The lowest BCUT2D eigenvalue weighted by Gasteiger charge is -2.36. The molecule has 1 fully saturated rings. The second kappa shape index (κ2) is 5.67. The van der Waals surface area contributed by atoms with Crippen LogP contribution in [0.1, 0.15) is 29.0 Å². The summed E-state index contributed by atoms with van der Waals surface area (Å²) < 4.78 is 37.3. The molecule has 1 saturated heterocycles. The average molecular weight is 345 g/mol.